The van der Waals surface area contributed by atoms with Gasteiger partial charge in [-0.1, -0.05) is 41.9 Å². The van der Waals surface area contributed by atoms with Crippen LogP contribution in [0.25, 0.3) is 0 Å². The predicted octanol–water partition coefficient (Wildman–Crippen LogP) is 5.58. The van der Waals surface area contributed by atoms with E-state index in [1.54, 1.807) is 7.11 Å². The second-order valence-electron chi connectivity index (χ2n) is 5.24. The van der Waals surface area contributed by atoms with E-state index in [0.29, 0.717) is 5.92 Å². The molecule has 1 N–H and O–H groups in total. The zero-order valence-corrected chi connectivity index (χ0v) is 14.4. The zero-order valence-electron chi connectivity index (χ0n) is 12.8. The van der Waals surface area contributed by atoms with E-state index in [-0.39, 0.29) is 0 Å². The molecule has 0 spiro atoms. The third kappa shape index (κ3) is 4.24. The molecule has 2 aromatic rings. The second kappa shape index (κ2) is 7.51. The van der Waals surface area contributed by atoms with Gasteiger partial charge in [-0.2, -0.15) is 0 Å². The Morgan fingerprint density at radius 3 is 2.48 bits per heavy atom. The molecule has 2 rings (SSSR count). The first-order valence-corrected chi connectivity index (χ1v) is 8.09. The van der Waals surface area contributed by atoms with Crippen molar-refractivity contribution in [1.29, 1.82) is 0 Å². The Bertz CT molecular complexity index is 580. The molecule has 0 bridgehead atoms. The van der Waals surface area contributed by atoms with E-state index in [0.717, 1.165) is 22.5 Å². The van der Waals surface area contributed by atoms with Gasteiger partial charge < -0.3 is 10.1 Å². The number of benzene rings is 2. The fraction of sp³-hybridized carbons (Fsp3) is 0.333. The highest BCUT2D eigenvalue weighted by Gasteiger charge is 2.04. The Balaban J connectivity index is 2.03. The van der Waals surface area contributed by atoms with E-state index < -0.39 is 0 Å². The van der Waals surface area contributed by atoms with Gasteiger partial charge in [0.2, 0.25) is 0 Å². The third-order valence-corrected chi connectivity index (χ3v) is 4.60. The lowest BCUT2D eigenvalue weighted by Gasteiger charge is -2.12. The van der Waals surface area contributed by atoms with E-state index in [4.69, 9.17) is 4.74 Å². The molecule has 0 saturated carbocycles. The van der Waals surface area contributed by atoms with Crippen molar-refractivity contribution in [3.8, 4) is 5.75 Å². The molecule has 2 nitrogen and oxygen atoms in total. The number of methoxy groups -OCH3 is 1. The summed E-state index contributed by atoms with van der Waals surface area (Å²) >= 11 is 3.58. The topological polar surface area (TPSA) is 21.3 Å². The van der Waals surface area contributed by atoms with Crippen molar-refractivity contribution in [1.82, 2.24) is 0 Å². The summed E-state index contributed by atoms with van der Waals surface area (Å²) in [5, 5.41) is 3.45. The van der Waals surface area contributed by atoms with Gasteiger partial charge in [0, 0.05) is 16.7 Å². The van der Waals surface area contributed by atoms with Crippen LogP contribution in [0, 0.1) is 0 Å². The van der Waals surface area contributed by atoms with Crippen molar-refractivity contribution >= 4 is 21.6 Å². The van der Waals surface area contributed by atoms with Gasteiger partial charge in [-0.15, -0.1) is 0 Å². The van der Waals surface area contributed by atoms with Gasteiger partial charge >= 0.3 is 0 Å². The Morgan fingerprint density at radius 1 is 1.14 bits per heavy atom. The first-order chi connectivity index (χ1) is 10.1. The zero-order chi connectivity index (χ0) is 15.2. The van der Waals surface area contributed by atoms with Crippen molar-refractivity contribution in [2.45, 2.75) is 32.7 Å². The molecule has 112 valence electrons. The summed E-state index contributed by atoms with van der Waals surface area (Å²) < 4.78 is 6.36. The Morgan fingerprint density at radius 2 is 1.86 bits per heavy atom. The van der Waals surface area contributed by atoms with Crippen LogP contribution in [0.2, 0.25) is 0 Å². The van der Waals surface area contributed by atoms with Gasteiger partial charge in [0.25, 0.3) is 0 Å². The summed E-state index contributed by atoms with van der Waals surface area (Å²) in [5.41, 5.74) is 3.71. The van der Waals surface area contributed by atoms with Gasteiger partial charge in [-0.05, 0) is 53.8 Å². The van der Waals surface area contributed by atoms with E-state index in [2.05, 4.69) is 59.4 Å². The Kier molecular flexibility index (Phi) is 5.68. The molecule has 0 heterocycles. The van der Waals surface area contributed by atoms with Gasteiger partial charge in [-0.3, -0.25) is 0 Å². The summed E-state index contributed by atoms with van der Waals surface area (Å²) in [7, 11) is 1.69. The van der Waals surface area contributed by atoms with Crippen molar-refractivity contribution in [2.24, 2.45) is 0 Å². The predicted molar refractivity (Wildman–Crippen MR) is 93.2 cm³/mol. The number of hydrogen-bond acceptors (Lipinski definition) is 2. The lowest BCUT2D eigenvalue weighted by Crippen LogP contribution is -2.01. The molecular formula is C18H22BrNO. The fourth-order valence-electron chi connectivity index (χ4n) is 2.18. The number of rotatable bonds is 6. The average Bonchev–Trinajstić information content (AvgIpc) is 2.54. The maximum atomic E-state index is 5.27. The van der Waals surface area contributed by atoms with Crippen LogP contribution in [-0.2, 0) is 6.54 Å². The Labute approximate surface area is 135 Å². The van der Waals surface area contributed by atoms with Crippen LogP contribution in [0.5, 0.6) is 5.75 Å². The van der Waals surface area contributed by atoms with Crippen molar-refractivity contribution in [3.63, 3.8) is 0 Å². The van der Waals surface area contributed by atoms with Crippen molar-refractivity contribution < 1.29 is 4.74 Å². The minimum absolute atomic E-state index is 0.617. The lowest BCUT2D eigenvalue weighted by molar-refractivity contribution is 0.414. The molecule has 0 aliphatic carbocycles. The van der Waals surface area contributed by atoms with Gasteiger partial charge in [0.05, 0.1) is 7.11 Å². The summed E-state index contributed by atoms with van der Waals surface area (Å²) in [5.74, 6) is 1.49. The van der Waals surface area contributed by atoms with E-state index in [1.807, 2.05) is 18.2 Å². The molecule has 0 amide bonds. The summed E-state index contributed by atoms with van der Waals surface area (Å²) in [6.07, 6.45) is 1.17. The molecule has 2 aromatic carbocycles. The molecule has 0 aliphatic rings. The summed E-state index contributed by atoms with van der Waals surface area (Å²) in [6, 6.07) is 14.7. The van der Waals surface area contributed by atoms with Crippen LogP contribution in [-0.4, -0.2) is 7.11 Å². The van der Waals surface area contributed by atoms with Gasteiger partial charge in [0.1, 0.15) is 5.75 Å². The summed E-state index contributed by atoms with van der Waals surface area (Å²) in [6.45, 7) is 5.24. The summed E-state index contributed by atoms with van der Waals surface area (Å²) in [4.78, 5) is 0. The molecule has 1 unspecified atom stereocenters. The highest BCUT2D eigenvalue weighted by Crippen LogP contribution is 2.24. The van der Waals surface area contributed by atoms with Gasteiger partial charge in [0.15, 0.2) is 0 Å². The molecule has 0 fully saturated rings. The molecule has 0 saturated heterocycles. The van der Waals surface area contributed by atoms with Crippen LogP contribution in [0.1, 0.15) is 37.3 Å². The number of anilines is 1. The number of nitrogens with one attached hydrogen (secondary N) is 1. The maximum Gasteiger partial charge on any atom is 0.119 e. The normalized spacial score (nSPS) is 12.0. The maximum absolute atomic E-state index is 5.27. The Hall–Kier alpha value is -1.48. The van der Waals surface area contributed by atoms with E-state index in [1.165, 1.54) is 17.5 Å². The van der Waals surface area contributed by atoms with Crippen LogP contribution in [0.4, 0.5) is 5.69 Å². The largest absolute Gasteiger partial charge is 0.497 e. The minimum atomic E-state index is 0.617. The quantitative estimate of drug-likeness (QED) is 0.735. The highest BCUT2D eigenvalue weighted by molar-refractivity contribution is 9.10. The molecule has 3 heteroatoms. The van der Waals surface area contributed by atoms with Crippen molar-refractivity contribution in [3.05, 3.63) is 58.1 Å². The first kappa shape index (κ1) is 15.9. The van der Waals surface area contributed by atoms with E-state index >= 15 is 0 Å². The molecule has 21 heavy (non-hydrogen) atoms. The van der Waals surface area contributed by atoms with Crippen LogP contribution in [0.3, 0.4) is 0 Å². The lowest BCUT2D eigenvalue weighted by atomic mass is 9.99. The monoisotopic (exact) mass is 347 g/mol. The SMILES string of the molecule is CCC(C)c1ccc(NCc2cc(OC)ccc2Br)cc1. The second-order valence-corrected chi connectivity index (χ2v) is 6.10. The third-order valence-electron chi connectivity index (χ3n) is 3.83. The molecular weight excluding hydrogens is 326 g/mol. The smallest absolute Gasteiger partial charge is 0.119 e. The fourth-order valence-corrected chi connectivity index (χ4v) is 2.56. The number of ether oxygens (including phenoxy) is 1. The standard InChI is InChI=1S/C18H22BrNO/c1-4-13(2)14-5-7-16(8-6-14)20-12-15-11-17(21-3)9-10-18(15)19/h5-11,13,20H,4,12H2,1-3H3. The van der Waals surface area contributed by atoms with Crippen molar-refractivity contribution in [2.75, 3.05) is 12.4 Å². The molecule has 0 aromatic heterocycles. The number of halogens is 1. The van der Waals surface area contributed by atoms with Crippen LogP contribution in [0.15, 0.2) is 46.9 Å². The minimum Gasteiger partial charge on any atom is -0.497 e. The van der Waals surface area contributed by atoms with Gasteiger partial charge in [-0.25, -0.2) is 0 Å². The average molecular weight is 348 g/mol. The molecule has 0 aliphatic heterocycles. The highest BCUT2D eigenvalue weighted by atomic mass is 79.9. The number of hydrogen-bond donors (Lipinski definition) is 1. The van der Waals surface area contributed by atoms with Crippen LogP contribution < -0.4 is 10.1 Å². The van der Waals surface area contributed by atoms with Crippen LogP contribution >= 0.6 is 15.9 Å². The molecule has 1 atom stereocenters. The molecule has 0 radical (unpaired) electrons. The van der Waals surface area contributed by atoms with E-state index in [9.17, 15) is 0 Å². The first-order valence-electron chi connectivity index (χ1n) is 7.30.